The summed E-state index contributed by atoms with van der Waals surface area (Å²) in [7, 11) is 0. The van der Waals surface area contributed by atoms with Gasteiger partial charge in [-0.15, -0.1) is 0 Å². The van der Waals surface area contributed by atoms with Crippen molar-refractivity contribution in [3.63, 3.8) is 0 Å². The van der Waals surface area contributed by atoms with E-state index in [4.69, 9.17) is 0 Å². The number of nitrogens with zero attached hydrogens (tertiary/aromatic N) is 1. The smallest absolute Gasteiger partial charge is 0.237 e. The third-order valence-corrected chi connectivity index (χ3v) is 4.65. The second-order valence-corrected chi connectivity index (χ2v) is 7.06. The van der Waals surface area contributed by atoms with E-state index in [1.54, 1.807) is 0 Å². The van der Waals surface area contributed by atoms with Gasteiger partial charge in [0.15, 0.2) is 5.16 Å². The van der Waals surface area contributed by atoms with Gasteiger partial charge >= 0.3 is 0 Å². The molecule has 112 valence electrons. The van der Waals surface area contributed by atoms with Crippen LogP contribution in [-0.4, -0.2) is 21.1 Å². The number of hydrogen-bond acceptors (Lipinski definition) is 3. The number of carbonyl (C=O) groups excluding carboxylic acids is 1. The van der Waals surface area contributed by atoms with Crippen molar-refractivity contribution in [2.24, 2.45) is 0 Å². The Labute approximate surface area is 140 Å². The van der Waals surface area contributed by atoms with E-state index < -0.39 is 0 Å². The number of aromatic amines is 1. The number of nitrogens with one attached hydrogen (secondary N) is 2. The maximum atomic E-state index is 12.2. The first-order chi connectivity index (χ1) is 10.6. The third-order valence-electron chi connectivity index (χ3n) is 3.14. The van der Waals surface area contributed by atoms with Crippen LogP contribution >= 0.6 is 27.7 Å². The molecule has 0 saturated heterocycles. The zero-order valence-corrected chi connectivity index (χ0v) is 14.2. The third kappa shape index (κ3) is 3.51. The number of carbonyl (C=O) groups is 1. The summed E-state index contributed by atoms with van der Waals surface area (Å²) < 4.78 is 0.982. The first-order valence-corrected chi connectivity index (χ1v) is 8.47. The molecule has 0 spiro atoms. The number of para-hydroxylation sites is 2. The molecule has 0 aliphatic heterocycles. The number of thioether (sulfide) groups is 1. The molecular formula is C16H14BrN3OS. The second-order valence-electron chi connectivity index (χ2n) is 4.82. The van der Waals surface area contributed by atoms with Gasteiger partial charge in [0, 0.05) is 10.2 Å². The Morgan fingerprint density at radius 3 is 2.68 bits per heavy atom. The molecule has 1 atom stereocenters. The monoisotopic (exact) mass is 375 g/mol. The number of halogens is 1. The van der Waals surface area contributed by atoms with E-state index in [9.17, 15) is 4.79 Å². The van der Waals surface area contributed by atoms with Gasteiger partial charge in [-0.1, -0.05) is 39.8 Å². The molecule has 1 aromatic heterocycles. The van der Waals surface area contributed by atoms with Gasteiger partial charge in [-0.3, -0.25) is 4.79 Å². The number of fused-ring (bicyclic) bond motifs is 1. The highest BCUT2D eigenvalue weighted by Crippen LogP contribution is 2.24. The average Bonchev–Trinajstić information content (AvgIpc) is 2.91. The summed E-state index contributed by atoms with van der Waals surface area (Å²) in [6.07, 6.45) is 0. The maximum absolute atomic E-state index is 12.2. The van der Waals surface area contributed by atoms with Crippen molar-refractivity contribution in [2.75, 3.05) is 5.32 Å². The lowest BCUT2D eigenvalue weighted by Crippen LogP contribution is -2.22. The fraction of sp³-hybridized carbons (Fsp3) is 0.125. The van der Waals surface area contributed by atoms with Crippen LogP contribution in [0.25, 0.3) is 11.0 Å². The second kappa shape index (κ2) is 6.54. The number of aromatic nitrogens is 2. The van der Waals surface area contributed by atoms with Crippen molar-refractivity contribution in [2.45, 2.75) is 17.3 Å². The van der Waals surface area contributed by atoms with Crippen LogP contribution < -0.4 is 5.32 Å². The predicted octanol–water partition coefficient (Wildman–Crippen LogP) is 4.44. The Morgan fingerprint density at radius 2 is 1.95 bits per heavy atom. The Bertz CT molecular complexity index is 768. The Hall–Kier alpha value is -1.79. The van der Waals surface area contributed by atoms with Gasteiger partial charge in [0.05, 0.1) is 16.3 Å². The van der Waals surface area contributed by atoms with Gasteiger partial charge in [-0.2, -0.15) is 0 Å². The van der Waals surface area contributed by atoms with Crippen molar-refractivity contribution < 1.29 is 4.79 Å². The largest absolute Gasteiger partial charge is 0.333 e. The van der Waals surface area contributed by atoms with E-state index >= 15 is 0 Å². The van der Waals surface area contributed by atoms with Crippen LogP contribution in [0.1, 0.15) is 6.92 Å². The number of hydrogen-bond donors (Lipinski definition) is 2. The summed E-state index contributed by atoms with van der Waals surface area (Å²) in [5.41, 5.74) is 2.67. The summed E-state index contributed by atoms with van der Waals surface area (Å²) in [5, 5.41) is 3.40. The first kappa shape index (κ1) is 15.1. The topological polar surface area (TPSA) is 57.8 Å². The zero-order valence-electron chi connectivity index (χ0n) is 11.8. The summed E-state index contributed by atoms with van der Waals surface area (Å²) in [4.78, 5) is 19.9. The van der Waals surface area contributed by atoms with Gasteiger partial charge in [0.1, 0.15) is 0 Å². The highest BCUT2D eigenvalue weighted by Gasteiger charge is 2.16. The molecule has 0 aliphatic carbocycles. The molecule has 3 rings (SSSR count). The summed E-state index contributed by atoms with van der Waals surface area (Å²) in [6.45, 7) is 1.87. The Balaban J connectivity index is 1.66. The minimum Gasteiger partial charge on any atom is -0.333 e. The van der Waals surface area contributed by atoms with Crippen molar-refractivity contribution in [3.05, 3.63) is 53.0 Å². The van der Waals surface area contributed by atoms with E-state index in [0.717, 1.165) is 26.3 Å². The minimum atomic E-state index is -0.246. The van der Waals surface area contributed by atoms with Gasteiger partial charge in [0.25, 0.3) is 0 Å². The van der Waals surface area contributed by atoms with Crippen molar-refractivity contribution in [1.82, 2.24) is 9.97 Å². The van der Waals surface area contributed by atoms with Crippen LogP contribution in [0.3, 0.4) is 0 Å². The fourth-order valence-corrected chi connectivity index (χ4v) is 3.07. The van der Waals surface area contributed by atoms with E-state index in [0.29, 0.717) is 0 Å². The number of H-pyrrole nitrogens is 1. The minimum absolute atomic E-state index is 0.0484. The van der Waals surface area contributed by atoms with Crippen LogP contribution in [0.15, 0.2) is 58.2 Å². The number of rotatable bonds is 4. The molecular weight excluding hydrogens is 362 g/mol. The first-order valence-electron chi connectivity index (χ1n) is 6.79. The Morgan fingerprint density at radius 1 is 1.23 bits per heavy atom. The lowest BCUT2D eigenvalue weighted by molar-refractivity contribution is -0.115. The molecule has 6 heteroatoms. The maximum Gasteiger partial charge on any atom is 0.237 e. The van der Waals surface area contributed by atoms with Crippen molar-refractivity contribution in [1.29, 1.82) is 0 Å². The van der Waals surface area contributed by atoms with Crippen LogP contribution in [0.2, 0.25) is 0 Å². The van der Waals surface area contributed by atoms with Crippen LogP contribution in [0.5, 0.6) is 0 Å². The van der Waals surface area contributed by atoms with Gasteiger partial charge in [-0.05, 0) is 43.3 Å². The average molecular weight is 376 g/mol. The molecule has 3 aromatic rings. The van der Waals surface area contributed by atoms with Gasteiger partial charge < -0.3 is 10.3 Å². The molecule has 0 fully saturated rings. The molecule has 22 heavy (non-hydrogen) atoms. The summed E-state index contributed by atoms with van der Waals surface area (Å²) >= 11 is 4.78. The van der Waals surface area contributed by atoms with E-state index in [-0.39, 0.29) is 11.2 Å². The molecule has 0 aliphatic rings. The van der Waals surface area contributed by atoms with E-state index in [1.807, 2.05) is 55.5 Å². The SMILES string of the molecule is C[C@H](Sc1nc2ccccc2[nH]1)C(=O)Nc1ccc(Br)cc1. The Kier molecular flexibility index (Phi) is 4.49. The quantitative estimate of drug-likeness (QED) is 0.662. The van der Waals surface area contributed by atoms with Gasteiger partial charge in [0.2, 0.25) is 5.91 Å². The normalized spacial score (nSPS) is 12.3. The molecule has 0 unspecified atom stereocenters. The molecule has 2 aromatic carbocycles. The molecule has 0 saturated carbocycles. The van der Waals surface area contributed by atoms with Crippen LogP contribution in [0.4, 0.5) is 5.69 Å². The molecule has 1 heterocycles. The standard InChI is InChI=1S/C16H14BrN3OS/c1-10(15(21)18-12-8-6-11(17)7-9-12)22-16-19-13-4-2-3-5-14(13)20-16/h2-10H,1H3,(H,18,21)(H,19,20)/t10-/m0/s1. The van der Waals surface area contributed by atoms with Crippen molar-refractivity contribution in [3.8, 4) is 0 Å². The molecule has 0 bridgehead atoms. The number of benzene rings is 2. The van der Waals surface area contributed by atoms with E-state index in [2.05, 4.69) is 31.2 Å². The predicted molar refractivity (Wildman–Crippen MR) is 94.2 cm³/mol. The van der Waals surface area contributed by atoms with Crippen LogP contribution in [0, 0.1) is 0 Å². The highest BCUT2D eigenvalue weighted by molar-refractivity contribution is 9.10. The fourth-order valence-electron chi connectivity index (χ4n) is 1.98. The number of anilines is 1. The van der Waals surface area contributed by atoms with E-state index in [1.165, 1.54) is 11.8 Å². The summed E-state index contributed by atoms with van der Waals surface area (Å²) in [5.74, 6) is -0.0484. The molecule has 2 N–H and O–H groups in total. The number of amides is 1. The molecule has 1 amide bonds. The van der Waals surface area contributed by atoms with Crippen LogP contribution in [-0.2, 0) is 4.79 Å². The zero-order chi connectivity index (χ0) is 15.5. The molecule has 0 radical (unpaired) electrons. The lowest BCUT2D eigenvalue weighted by atomic mass is 10.3. The van der Waals surface area contributed by atoms with Crippen molar-refractivity contribution >= 4 is 50.3 Å². The summed E-state index contributed by atoms with van der Waals surface area (Å²) in [6, 6.07) is 15.3. The lowest BCUT2D eigenvalue weighted by Gasteiger charge is -2.10. The van der Waals surface area contributed by atoms with Gasteiger partial charge in [-0.25, -0.2) is 4.98 Å². The number of imidazole rings is 1. The molecule has 4 nitrogen and oxygen atoms in total. The highest BCUT2D eigenvalue weighted by atomic mass is 79.9.